The number of benzene rings is 1. The van der Waals surface area contributed by atoms with Crippen molar-refractivity contribution < 1.29 is 4.74 Å². The molecule has 1 aromatic heterocycles. The molecule has 0 N–H and O–H groups in total. The van der Waals surface area contributed by atoms with Gasteiger partial charge in [-0.3, -0.25) is 0 Å². The summed E-state index contributed by atoms with van der Waals surface area (Å²) in [5.74, 6) is 0.834. The lowest BCUT2D eigenvalue weighted by molar-refractivity contribution is 0.306. The molecule has 2 rings (SSSR count). The molecule has 84 valence electrons. The second-order valence-electron chi connectivity index (χ2n) is 3.77. The molecule has 0 amide bonds. The summed E-state index contributed by atoms with van der Waals surface area (Å²) in [4.78, 5) is 3.91. The number of rotatable bonds is 3. The molecule has 3 nitrogen and oxygen atoms in total. The lowest BCUT2D eigenvalue weighted by Gasteiger charge is -2.06. The molecule has 0 fully saturated rings. The van der Waals surface area contributed by atoms with Gasteiger partial charge in [-0.15, -0.1) is 0 Å². The van der Waals surface area contributed by atoms with Crippen molar-refractivity contribution in [3.63, 3.8) is 0 Å². The molecule has 1 heterocycles. The molecule has 0 aliphatic carbocycles. The summed E-state index contributed by atoms with van der Waals surface area (Å²) >= 11 is 0. The van der Waals surface area contributed by atoms with Crippen molar-refractivity contribution in [1.29, 1.82) is 5.26 Å². The van der Waals surface area contributed by atoms with Crippen molar-refractivity contribution in [1.82, 2.24) is 4.98 Å². The monoisotopic (exact) mass is 224 g/mol. The number of pyridine rings is 1. The van der Waals surface area contributed by atoms with Gasteiger partial charge in [0, 0.05) is 6.20 Å². The maximum atomic E-state index is 8.73. The highest BCUT2D eigenvalue weighted by molar-refractivity contribution is 5.29. The molecule has 0 atom stereocenters. The maximum Gasteiger partial charge on any atom is 0.140 e. The largest absolute Gasteiger partial charge is 0.489 e. The highest BCUT2D eigenvalue weighted by Gasteiger charge is 1.98. The molecule has 3 heteroatoms. The molecule has 0 spiro atoms. The van der Waals surface area contributed by atoms with Crippen LogP contribution in [0.1, 0.15) is 16.8 Å². The number of hydrogen-bond acceptors (Lipinski definition) is 3. The van der Waals surface area contributed by atoms with E-state index in [9.17, 15) is 0 Å². The number of nitriles is 1. The van der Waals surface area contributed by atoms with Crippen LogP contribution in [0.4, 0.5) is 0 Å². The molecule has 1 aromatic carbocycles. The Hall–Kier alpha value is -2.34. The average Bonchev–Trinajstić information content (AvgIpc) is 2.37. The average molecular weight is 224 g/mol. The minimum absolute atomic E-state index is 0.412. The Morgan fingerprint density at radius 3 is 2.94 bits per heavy atom. The summed E-state index contributed by atoms with van der Waals surface area (Å²) in [5.41, 5.74) is 2.52. The van der Waals surface area contributed by atoms with Crippen LogP contribution in [0.25, 0.3) is 0 Å². The van der Waals surface area contributed by atoms with Crippen LogP contribution in [-0.2, 0) is 6.61 Å². The highest BCUT2D eigenvalue weighted by atomic mass is 16.5. The number of ether oxygens (including phenoxy) is 1. The first-order valence-corrected chi connectivity index (χ1v) is 5.32. The number of aryl methyl sites for hydroxylation is 1. The Bertz CT molecular complexity index is 558. The third-order valence-corrected chi connectivity index (χ3v) is 2.33. The van der Waals surface area contributed by atoms with Crippen LogP contribution in [0.5, 0.6) is 5.75 Å². The molecule has 0 radical (unpaired) electrons. The fourth-order valence-corrected chi connectivity index (χ4v) is 1.50. The van der Waals surface area contributed by atoms with Gasteiger partial charge >= 0.3 is 0 Å². The van der Waals surface area contributed by atoms with Gasteiger partial charge < -0.3 is 4.74 Å². The third kappa shape index (κ3) is 3.05. The zero-order valence-electron chi connectivity index (χ0n) is 9.55. The van der Waals surface area contributed by atoms with Gasteiger partial charge in [-0.05, 0) is 42.3 Å². The molecule has 0 aliphatic heterocycles. The molecule has 2 aromatic rings. The summed E-state index contributed by atoms with van der Waals surface area (Å²) in [5, 5.41) is 8.73. The summed E-state index contributed by atoms with van der Waals surface area (Å²) in [7, 11) is 0. The maximum absolute atomic E-state index is 8.73. The van der Waals surface area contributed by atoms with Crippen molar-refractivity contribution in [3.05, 3.63) is 59.4 Å². The Labute approximate surface area is 100 Å². The molecule has 0 bridgehead atoms. The second-order valence-corrected chi connectivity index (χ2v) is 3.77. The van der Waals surface area contributed by atoms with Gasteiger partial charge in [0.25, 0.3) is 0 Å². The van der Waals surface area contributed by atoms with Crippen molar-refractivity contribution in [2.45, 2.75) is 13.5 Å². The fraction of sp³-hybridized carbons (Fsp3) is 0.143. The van der Waals surface area contributed by atoms with E-state index in [1.807, 2.05) is 43.3 Å². The van der Waals surface area contributed by atoms with Gasteiger partial charge in [-0.25, -0.2) is 4.98 Å². The molecule has 0 aliphatic rings. The molecule has 0 unspecified atom stereocenters. The Morgan fingerprint density at radius 2 is 2.18 bits per heavy atom. The first kappa shape index (κ1) is 11.2. The van der Waals surface area contributed by atoms with E-state index in [-0.39, 0.29) is 0 Å². The predicted octanol–water partition coefficient (Wildman–Crippen LogP) is 2.84. The number of nitrogens with zero attached hydrogens (tertiary/aromatic N) is 2. The first-order valence-electron chi connectivity index (χ1n) is 5.32. The van der Waals surface area contributed by atoms with Gasteiger partial charge in [-0.1, -0.05) is 12.1 Å². The summed E-state index contributed by atoms with van der Waals surface area (Å²) in [6.45, 7) is 2.47. The zero-order valence-corrected chi connectivity index (χ0v) is 9.55. The van der Waals surface area contributed by atoms with Gasteiger partial charge in [0.05, 0.1) is 0 Å². The lowest BCUT2D eigenvalue weighted by atomic mass is 10.2. The zero-order chi connectivity index (χ0) is 12.1. The Kier molecular flexibility index (Phi) is 3.37. The van der Waals surface area contributed by atoms with E-state index in [2.05, 4.69) is 4.98 Å². The van der Waals surface area contributed by atoms with Crippen molar-refractivity contribution in [2.24, 2.45) is 0 Å². The Balaban J connectivity index is 2.05. The molecular formula is C14H12N2O. The fourth-order valence-electron chi connectivity index (χ4n) is 1.50. The standard InChI is InChI=1S/C14H12N2O/c1-11-3-2-4-14(7-11)17-10-12-5-6-16-13(8-12)9-15/h2-8H,10H2,1H3. The minimum atomic E-state index is 0.412. The van der Waals surface area contributed by atoms with Crippen molar-refractivity contribution in [2.75, 3.05) is 0 Å². The molecule has 17 heavy (non-hydrogen) atoms. The predicted molar refractivity (Wildman–Crippen MR) is 64.5 cm³/mol. The van der Waals surface area contributed by atoms with Crippen LogP contribution in [0.15, 0.2) is 42.6 Å². The van der Waals surface area contributed by atoms with E-state index < -0.39 is 0 Å². The van der Waals surface area contributed by atoms with Crippen LogP contribution in [0, 0.1) is 18.3 Å². The van der Waals surface area contributed by atoms with Crippen LogP contribution in [-0.4, -0.2) is 4.98 Å². The van der Waals surface area contributed by atoms with Crippen LogP contribution < -0.4 is 4.74 Å². The number of aromatic nitrogens is 1. The van der Waals surface area contributed by atoms with Gasteiger partial charge in [0.2, 0.25) is 0 Å². The van der Waals surface area contributed by atoms with Crippen molar-refractivity contribution in [3.8, 4) is 11.8 Å². The normalized spacial score (nSPS) is 9.65. The first-order chi connectivity index (χ1) is 8.28. The van der Waals surface area contributed by atoms with Crippen LogP contribution in [0.3, 0.4) is 0 Å². The van der Waals surface area contributed by atoms with E-state index in [1.54, 1.807) is 12.3 Å². The van der Waals surface area contributed by atoms with Crippen molar-refractivity contribution >= 4 is 0 Å². The van der Waals surface area contributed by atoms with Gasteiger partial charge in [0.15, 0.2) is 0 Å². The third-order valence-electron chi connectivity index (χ3n) is 2.33. The van der Waals surface area contributed by atoms with Gasteiger partial charge in [0.1, 0.15) is 24.1 Å². The quantitative estimate of drug-likeness (QED) is 0.805. The second kappa shape index (κ2) is 5.13. The van der Waals surface area contributed by atoms with E-state index in [4.69, 9.17) is 10.00 Å². The summed E-state index contributed by atoms with van der Waals surface area (Å²) in [6.07, 6.45) is 1.62. The van der Waals surface area contributed by atoms with E-state index in [1.165, 1.54) is 0 Å². The van der Waals surface area contributed by atoms with E-state index >= 15 is 0 Å². The SMILES string of the molecule is Cc1cccc(OCc2ccnc(C#N)c2)c1. The van der Waals surface area contributed by atoms with Crippen LogP contribution in [0.2, 0.25) is 0 Å². The smallest absolute Gasteiger partial charge is 0.140 e. The molecule has 0 saturated heterocycles. The molecule has 0 saturated carbocycles. The highest BCUT2D eigenvalue weighted by Crippen LogP contribution is 2.14. The van der Waals surface area contributed by atoms with E-state index in [0.717, 1.165) is 16.9 Å². The van der Waals surface area contributed by atoms with Gasteiger partial charge in [-0.2, -0.15) is 5.26 Å². The minimum Gasteiger partial charge on any atom is -0.489 e. The van der Waals surface area contributed by atoms with E-state index in [0.29, 0.717) is 12.3 Å². The Morgan fingerprint density at radius 1 is 1.29 bits per heavy atom. The summed E-state index contributed by atoms with van der Waals surface area (Å²) < 4.78 is 5.64. The topological polar surface area (TPSA) is 45.9 Å². The molecular weight excluding hydrogens is 212 g/mol. The lowest BCUT2D eigenvalue weighted by Crippen LogP contribution is -1.96. The summed E-state index contributed by atoms with van der Waals surface area (Å²) in [6, 6.07) is 13.5. The van der Waals surface area contributed by atoms with Crippen LogP contribution >= 0.6 is 0 Å². The number of hydrogen-bond donors (Lipinski definition) is 0.